The molecular weight excluding hydrogens is 1210 g/mol. The molecule has 0 spiro atoms. The smallest absolute Gasteiger partial charge is 0.307 e. The van der Waals surface area contributed by atoms with E-state index in [9.17, 15) is 9.59 Å². The molecule has 0 aliphatic carbocycles. The van der Waals surface area contributed by atoms with Gasteiger partial charge in [0.25, 0.3) is 0 Å². The van der Waals surface area contributed by atoms with Crippen molar-refractivity contribution in [3.8, 4) is 0 Å². The molecule has 0 aromatic heterocycles. The monoisotopic (exact) mass is 1370 g/mol. The Labute approximate surface area is 607 Å². The molecule has 4 atom stereocenters. The first-order valence-electron chi connectivity index (χ1n) is 41.1. The number of ether oxygens (including phenoxy) is 6. The van der Waals surface area contributed by atoms with Crippen LogP contribution in [-0.2, 0) is 38.0 Å². The fourth-order valence-corrected chi connectivity index (χ4v) is 11.4. The largest absolute Gasteiger partial charge is 0.455 e. The number of unbranched alkanes of at least 4 members (excludes halogenated alkanes) is 34. The highest BCUT2D eigenvalue weighted by Crippen LogP contribution is 2.24. The maximum absolute atomic E-state index is 14.2. The maximum Gasteiger partial charge on any atom is 0.307 e. The predicted molar refractivity (Wildman–Crippen MR) is 425 cm³/mol. The number of carbonyl (C=O) groups excluding carboxylic acids is 2. The van der Waals surface area contributed by atoms with Crippen LogP contribution in [0.4, 0.5) is 0 Å². The molecule has 0 heterocycles. The van der Waals surface area contributed by atoms with Crippen LogP contribution in [-0.4, -0.2) is 127 Å². The Morgan fingerprint density at radius 2 is 0.551 bits per heavy atom. The quantitative estimate of drug-likeness (QED) is 0.0254. The molecule has 0 saturated carbocycles. The average molecular weight is 1370 g/mol. The zero-order valence-electron chi connectivity index (χ0n) is 65.5. The minimum atomic E-state index is -0.989. The summed E-state index contributed by atoms with van der Waals surface area (Å²) in [4.78, 5) is 32.4. The van der Waals surface area contributed by atoms with Crippen molar-refractivity contribution in [3.63, 3.8) is 0 Å². The molecule has 0 aliphatic heterocycles. The van der Waals surface area contributed by atoms with Crippen LogP contribution < -0.4 is 0 Å². The van der Waals surface area contributed by atoms with Gasteiger partial charge in [0.15, 0.2) is 12.2 Å². The summed E-state index contributed by atoms with van der Waals surface area (Å²) < 4.78 is 40.3. The molecular formula is C88H158N2O8. The lowest BCUT2D eigenvalue weighted by atomic mass is 10.0. The zero-order valence-corrected chi connectivity index (χ0v) is 65.5. The van der Waals surface area contributed by atoms with E-state index in [1.54, 1.807) is 0 Å². The SMILES string of the molecule is CCC/C=C/C=C\C/C=C\CCCCCCCCOCC(OCCCCCCCC/C=C\C/C=C\CCCCC)C(OC(=O)CCN(C)C)C(OC(=O)CCN(C)C)C(COCCCCCCCC/C=C\C/C=C\CCCCC)OCCCCCCCC/C=C\C/C=C\CCCCC. The summed E-state index contributed by atoms with van der Waals surface area (Å²) in [5.41, 5.74) is 0. The average Bonchev–Trinajstić information content (AvgIpc) is 0.835. The van der Waals surface area contributed by atoms with Crippen molar-refractivity contribution < 1.29 is 38.0 Å². The highest BCUT2D eigenvalue weighted by Gasteiger charge is 2.42. The van der Waals surface area contributed by atoms with Gasteiger partial charge in [0.1, 0.15) is 12.2 Å². The Morgan fingerprint density at radius 3 is 0.847 bits per heavy atom. The second-order valence-corrected chi connectivity index (χ2v) is 28.0. The first-order valence-corrected chi connectivity index (χ1v) is 41.1. The van der Waals surface area contributed by atoms with Crippen LogP contribution in [0.5, 0.6) is 0 Å². The maximum atomic E-state index is 14.2. The first-order chi connectivity index (χ1) is 48.2. The van der Waals surface area contributed by atoms with Crippen LogP contribution in [0.1, 0.15) is 336 Å². The fraction of sp³-hybridized carbons (Fsp3) is 0.773. The molecule has 0 aliphatic rings. The van der Waals surface area contributed by atoms with Crippen LogP contribution in [0.15, 0.2) is 109 Å². The predicted octanol–water partition coefficient (Wildman–Crippen LogP) is 24.5. The van der Waals surface area contributed by atoms with Crippen LogP contribution >= 0.6 is 0 Å². The van der Waals surface area contributed by atoms with Crippen LogP contribution in [0.2, 0.25) is 0 Å². The van der Waals surface area contributed by atoms with Crippen molar-refractivity contribution in [2.45, 2.75) is 360 Å². The number of rotatable bonds is 76. The Bertz CT molecular complexity index is 1950. The summed E-state index contributed by atoms with van der Waals surface area (Å²) in [5.74, 6) is -0.733. The summed E-state index contributed by atoms with van der Waals surface area (Å²) in [7, 11) is 7.85. The molecule has 0 saturated heterocycles. The topological polar surface area (TPSA) is 96.0 Å². The minimum Gasteiger partial charge on any atom is -0.455 e. The molecule has 0 N–H and O–H groups in total. The Morgan fingerprint density at radius 1 is 0.286 bits per heavy atom. The molecule has 10 heteroatoms. The van der Waals surface area contributed by atoms with Gasteiger partial charge in [-0.3, -0.25) is 9.59 Å². The van der Waals surface area contributed by atoms with E-state index in [0.717, 1.165) is 128 Å². The van der Waals surface area contributed by atoms with Gasteiger partial charge in [-0.2, -0.15) is 0 Å². The molecule has 0 rings (SSSR count). The zero-order chi connectivity index (χ0) is 71.2. The number of carbonyl (C=O) groups is 2. The van der Waals surface area contributed by atoms with E-state index in [2.05, 4.69) is 137 Å². The highest BCUT2D eigenvalue weighted by molar-refractivity contribution is 5.71. The Hall–Kier alpha value is -3.64. The van der Waals surface area contributed by atoms with Crippen molar-refractivity contribution in [3.05, 3.63) is 109 Å². The fourth-order valence-electron chi connectivity index (χ4n) is 11.4. The molecule has 0 fully saturated rings. The third-order valence-corrected chi connectivity index (χ3v) is 17.7. The molecule has 98 heavy (non-hydrogen) atoms. The molecule has 0 aromatic carbocycles. The molecule has 568 valence electrons. The van der Waals surface area contributed by atoms with Crippen molar-refractivity contribution in [1.82, 2.24) is 9.80 Å². The molecule has 10 nitrogen and oxygen atoms in total. The lowest BCUT2D eigenvalue weighted by Gasteiger charge is -2.37. The summed E-state index contributed by atoms with van der Waals surface area (Å²) >= 11 is 0. The summed E-state index contributed by atoms with van der Waals surface area (Å²) in [6.45, 7) is 12.5. The van der Waals surface area contributed by atoms with E-state index in [-0.39, 0.29) is 38.0 Å². The number of hydrogen-bond acceptors (Lipinski definition) is 10. The highest BCUT2D eigenvalue weighted by atomic mass is 16.6. The van der Waals surface area contributed by atoms with E-state index in [4.69, 9.17) is 28.4 Å². The molecule has 0 amide bonds. The van der Waals surface area contributed by atoms with Crippen molar-refractivity contribution in [2.24, 2.45) is 0 Å². The molecule has 0 radical (unpaired) electrons. The standard InChI is InChI=1S/C88H158N2O8/c1-9-13-17-21-25-29-33-37-41-45-49-53-57-61-65-69-77-93-81-83(95-79-71-67-63-59-55-51-47-43-39-35-31-27-23-19-15-11-3)87(97-85(91)73-75-89(5)6)88(98-86(92)74-76-90(7)8)84(96-80-72-68-64-60-56-52-48-44-40-36-32-28-24-20-16-12-4)82-94-78-70-66-62-58-54-50-46-42-38-34-30-26-22-18-14-10-2/h17,21,25-32,37-44,83-84,87-88H,9-16,18-20,22-24,33-36,45-82H2,1-8H3/b21-17+,29-25-,30-26-,31-27-,32-28-,41-37-,42-38-,43-39-,44-40-. The summed E-state index contributed by atoms with van der Waals surface area (Å²) in [5, 5.41) is 0. The van der Waals surface area contributed by atoms with Gasteiger partial charge >= 0.3 is 11.9 Å². The van der Waals surface area contributed by atoms with Crippen LogP contribution in [0, 0.1) is 0 Å². The first kappa shape index (κ1) is 94.4. The number of esters is 2. The summed E-state index contributed by atoms with van der Waals surface area (Å²) in [6.07, 6.45) is 91.3. The second kappa shape index (κ2) is 79.1. The van der Waals surface area contributed by atoms with Crippen molar-refractivity contribution >= 4 is 11.9 Å². The second-order valence-electron chi connectivity index (χ2n) is 28.0. The Kier molecular flexibility index (Phi) is 76.1. The lowest BCUT2D eigenvalue weighted by molar-refractivity contribution is -0.206. The van der Waals surface area contributed by atoms with Gasteiger partial charge in [-0.05, 0) is 176 Å². The van der Waals surface area contributed by atoms with Crippen LogP contribution in [0.25, 0.3) is 0 Å². The van der Waals surface area contributed by atoms with E-state index < -0.39 is 24.4 Å². The summed E-state index contributed by atoms with van der Waals surface area (Å²) in [6, 6.07) is 0. The Balaban J connectivity index is 6.52. The normalized spacial score (nSPS) is 13.9. The minimum absolute atomic E-state index is 0.178. The van der Waals surface area contributed by atoms with Gasteiger partial charge in [-0.1, -0.05) is 285 Å². The van der Waals surface area contributed by atoms with E-state index in [1.807, 2.05) is 38.0 Å². The third-order valence-electron chi connectivity index (χ3n) is 17.7. The van der Waals surface area contributed by atoms with Gasteiger partial charge in [0, 0.05) is 39.5 Å². The van der Waals surface area contributed by atoms with E-state index >= 15 is 0 Å². The number of hydrogen-bond donors (Lipinski definition) is 0. The molecule has 0 bridgehead atoms. The van der Waals surface area contributed by atoms with Gasteiger partial charge in [0.05, 0.1) is 26.1 Å². The lowest BCUT2D eigenvalue weighted by Crippen LogP contribution is -2.54. The van der Waals surface area contributed by atoms with Crippen molar-refractivity contribution in [1.29, 1.82) is 0 Å². The van der Waals surface area contributed by atoms with Crippen LogP contribution in [0.3, 0.4) is 0 Å². The van der Waals surface area contributed by atoms with E-state index in [0.29, 0.717) is 39.5 Å². The third kappa shape index (κ3) is 70.8. The molecule has 0 aromatic rings. The van der Waals surface area contributed by atoms with Gasteiger partial charge in [-0.25, -0.2) is 0 Å². The van der Waals surface area contributed by atoms with Crippen molar-refractivity contribution in [2.75, 3.05) is 80.9 Å². The van der Waals surface area contributed by atoms with Gasteiger partial charge in [-0.15, -0.1) is 0 Å². The number of allylic oxidation sites excluding steroid dienone is 18. The number of nitrogens with zero attached hydrogens (tertiary/aromatic N) is 2. The van der Waals surface area contributed by atoms with E-state index in [1.165, 1.54) is 167 Å². The van der Waals surface area contributed by atoms with Gasteiger partial charge in [0.2, 0.25) is 0 Å². The molecule has 4 unspecified atom stereocenters. The van der Waals surface area contributed by atoms with Gasteiger partial charge < -0.3 is 38.2 Å².